The van der Waals surface area contributed by atoms with Crippen LogP contribution in [0.5, 0.6) is 0 Å². The van der Waals surface area contributed by atoms with Gasteiger partial charge in [-0.25, -0.2) is 0 Å². The van der Waals surface area contributed by atoms with E-state index in [1.165, 1.54) is 5.56 Å². The van der Waals surface area contributed by atoms with Crippen LogP contribution in [0.4, 0.5) is 0 Å². The molecule has 0 amide bonds. The molecule has 0 bridgehead atoms. The summed E-state index contributed by atoms with van der Waals surface area (Å²) in [4.78, 5) is 2.30. The van der Waals surface area contributed by atoms with Crippen LogP contribution in [0.25, 0.3) is 0 Å². The molecule has 3 heteroatoms. The van der Waals surface area contributed by atoms with Crippen LogP contribution in [0.1, 0.15) is 39.7 Å². The summed E-state index contributed by atoms with van der Waals surface area (Å²) in [5.41, 5.74) is 0.915. The van der Waals surface area contributed by atoms with E-state index < -0.39 is 0 Å². The third-order valence-electron chi connectivity index (χ3n) is 3.98. The van der Waals surface area contributed by atoms with Crippen LogP contribution in [0.15, 0.2) is 30.3 Å². The van der Waals surface area contributed by atoms with Gasteiger partial charge in [-0.15, -0.1) is 0 Å². The highest BCUT2D eigenvalue weighted by Gasteiger charge is 2.24. The summed E-state index contributed by atoms with van der Waals surface area (Å²) >= 11 is 0. The highest BCUT2D eigenvalue weighted by molar-refractivity contribution is 5.14. The van der Waals surface area contributed by atoms with E-state index in [9.17, 15) is 10.4 Å². The molecule has 0 saturated carbocycles. The molecule has 0 aliphatic heterocycles. The van der Waals surface area contributed by atoms with Crippen molar-refractivity contribution < 1.29 is 5.11 Å². The number of nitriles is 1. The van der Waals surface area contributed by atoms with Gasteiger partial charge in [0.05, 0.1) is 18.1 Å². The van der Waals surface area contributed by atoms with Gasteiger partial charge in [0, 0.05) is 19.1 Å². The predicted molar refractivity (Wildman–Crippen MR) is 86.6 cm³/mol. The minimum atomic E-state index is -0.327. The molecule has 1 unspecified atom stereocenters. The second-order valence-corrected chi connectivity index (χ2v) is 6.70. The fourth-order valence-corrected chi connectivity index (χ4v) is 2.41. The van der Waals surface area contributed by atoms with Crippen molar-refractivity contribution in [2.75, 3.05) is 13.2 Å². The number of benzene rings is 1. The quantitative estimate of drug-likeness (QED) is 0.797. The molecule has 1 rings (SSSR count). The summed E-state index contributed by atoms with van der Waals surface area (Å²) in [5.74, 6) is 0.379. The van der Waals surface area contributed by atoms with Crippen molar-refractivity contribution >= 4 is 0 Å². The van der Waals surface area contributed by atoms with Gasteiger partial charge in [-0.3, -0.25) is 4.90 Å². The highest BCUT2D eigenvalue weighted by atomic mass is 16.3. The molecule has 116 valence electrons. The third kappa shape index (κ3) is 5.87. The molecule has 3 nitrogen and oxygen atoms in total. The van der Waals surface area contributed by atoms with E-state index in [1.807, 2.05) is 32.0 Å². The lowest BCUT2D eigenvalue weighted by Crippen LogP contribution is -2.42. The van der Waals surface area contributed by atoms with Crippen LogP contribution in [0, 0.1) is 22.7 Å². The average molecular weight is 288 g/mol. The fraction of sp³-hybridized carbons (Fsp3) is 0.611. The van der Waals surface area contributed by atoms with Crippen LogP contribution in [0.3, 0.4) is 0 Å². The van der Waals surface area contributed by atoms with Gasteiger partial charge in [0.25, 0.3) is 0 Å². The first kappa shape index (κ1) is 17.7. The molecule has 0 spiro atoms. The molecule has 0 aromatic heterocycles. The van der Waals surface area contributed by atoms with E-state index >= 15 is 0 Å². The standard InChI is InChI=1S/C18H28N2O/c1-15(2)17(13-21)20(11-10-18(3,4)14-19)12-16-8-6-5-7-9-16/h5-9,15,17,21H,10-13H2,1-4H3. The van der Waals surface area contributed by atoms with E-state index in [1.54, 1.807) is 0 Å². The van der Waals surface area contributed by atoms with E-state index in [2.05, 4.69) is 36.9 Å². The van der Waals surface area contributed by atoms with Crippen molar-refractivity contribution in [1.29, 1.82) is 5.26 Å². The Kier molecular flexibility index (Phi) is 6.87. The molecular formula is C18H28N2O. The zero-order valence-electron chi connectivity index (χ0n) is 13.7. The third-order valence-corrected chi connectivity index (χ3v) is 3.98. The van der Waals surface area contributed by atoms with Crippen LogP contribution in [-0.4, -0.2) is 29.2 Å². The number of hydrogen-bond donors (Lipinski definition) is 1. The zero-order valence-corrected chi connectivity index (χ0v) is 13.7. The second kappa shape index (κ2) is 8.17. The average Bonchev–Trinajstić information content (AvgIpc) is 2.46. The predicted octanol–water partition coefficient (Wildman–Crippen LogP) is 3.45. The Hall–Kier alpha value is -1.37. The van der Waals surface area contributed by atoms with Gasteiger partial charge in [-0.05, 0) is 31.7 Å². The number of hydrogen-bond acceptors (Lipinski definition) is 3. The SMILES string of the molecule is CC(C)C(CO)N(CCC(C)(C)C#N)Cc1ccccc1. The van der Waals surface area contributed by atoms with Gasteiger partial charge >= 0.3 is 0 Å². The summed E-state index contributed by atoms with van der Waals surface area (Å²) in [6.45, 7) is 9.98. The summed E-state index contributed by atoms with van der Waals surface area (Å²) in [6.07, 6.45) is 0.805. The van der Waals surface area contributed by atoms with Crippen molar-refractivity contribution in [2.24, 2.45) is 11.3 Å². The molecule has 0 aliphatic carbocycles. The molecule has 0 heterocycles. The summed E-state index contributed by atoms with van der Waals surface area (Å²) in [5, 5.41) is 18.9. The maximum Gasteiger partial charge on any atom is 0.0684 e. The Morgan fingerprint density at radius 3 is 2.33 bits per heavy atom. The number of nitrogens with zero attached hydrogens (tertiary/aromatic N) is 2. The molecule has 1 atom stereocenters. The van der Waals surface area contributed by atoms with Gasteiger partial charge in [0.2, 0.25) is 0 Å². The summed E-state index contributed by atoms with van der Waals surface area (Å²) in [7, 11) is 0. The Balaban J connectivity index is 2.82. The van der Waals surface area contributed by atoms with Gasteiger partial charge < -0.3 is 5.11 Å². The largest absolute Gasteiger partial charge is 0.395 e. The molecule has 1 aromatic rings. The summed E-state index contributed by atoms with van der Waals surface area (Å²) in [6, 6.07) is 12.8. The molecule has 0 radical (unpaired) electrons. The van der Waals surface area contributed by atoms with Gasteiger partial charge in [0.1, 0.15) is 0 Å². The maximum atomic E-state index is 9.72. The Morgan fingerprint density at radius 2 is 1.86 bits per heavy atom. The van der Waals surface area contributed by atoms with Crippen LogP contribution < -0.4 is 0 Å². The van der Waals surface area contributed by atoms with Gasteiger partial charge in [-0.2, -0.15) is 5.26 Å². The van der Waals surface area contributed by atoms with Crippen LogP contribution >= 0.6 is 0 Å². The Morgan fingerprint density at radius 1 is 1.24 bits per heavy atom. The number of aliphatic hydroxyl groups excluding tert-OH is 1. The first-order chi connectivity index (χ1) is 9.89. The molecule has 0 aliphatic rings. The number of rotatable bonds is 8. The molecule has 0 fully saturated rings. The summed E-state index contributed by atoms with van der Waals surface area (Å²) < 4.78 is 0. The molecule has 1 N–H and O–H groups in total. The van der Waals surface area contributed by atoms with Crippen molar-refractivity contribution in [3.8, 4) is 6.07 Å². The Labute approximate surface area is 129 Å². The minimum absolute atomic E-state index is 0.125. The Bertz CT molecular complexity index is 448. The fourth-order valence-electron chi connectivity index (χ4n) is 2.41. The van der Waals surface area contributed by atoms with Crippen molar-refractivity contribution in [3.05, 3.63) is 35.9 Å². The lowest BCUT2D eigenvalue weighted by molar-refractivity contribution is 0.0774. The normalized spacial score (nSPS) is 13.4. The zero-order chi connectivity index (χ0) is 15.9. The maximum absolute atomic E-state index is 9.72. The van der Waals surface area contributed by atoms with E-state index in [-0.39, 0.29) is 18.1 Å². The van der Waals surface area contributed by atoms with E-state index in [4.69, 9.17) is 0 Å². The first-order valence-corrected chi connectivity index (χ1v) is 7.69. The lowest BCUT2D eigenvalue weighted by atomic mass is 9.90. The monoisotopic (exact) mass is 288 g/mol. The van der Waals surface area contributed by atoms with Crippen LogP contribution in [-0.2, 0) is 6.54 Å². The van der Waals surface area contributed by atoms with Crippen molar-refractivity contribution in [2.45, 2.75) is 46.7 Å². The topological polar surface area (TPSA) is 47.3 Å². The lowest BCUT2D eigenvalue weighted by Gasteiger charge is -2.34. The van der Waals surface area contributed by atoms with Crippen LogP contribution in [0.2, 0.25) is 0 Å². The molecule has 0 saturated heterocycles. The molecular weight excluding hydrogens is 260 g/mol. The number of aliphatic hydroxyl groups is 1. The smallest absolute Gasteiger partial charge is 0.0684 e. The van der Waals surface area contributed by atoms with Crippen molar-refractivity contribution in [3.63, 3.8) is 0 Å². The molecule has 1 aromatic carbocycles. The van der Waals surface area contributed by atoms with E-state index in [0.717, 1.165) is 19.5 Å². The molecule has 21 heavy (non-hydrogen) atoms. The van der Waals surface area contributed by atoms with Gasteiger partial charge in [0.15, 0.2) is 0 Å². The minimum Gasteiger partial charge on any atom is -0.395 e. The van der Waals surface area contributed by atoms with E-state index in [0.29, 0.717) is 5.92 Å². The van der Waals surface area contributed by atoms with Crippen molar-refractivity contribution in [1.82, 2.24) is 4.90 Å². The highest BCUT2D eigenvalue weighted by Crippen LogP contribution is 2.22. The second-order valence-electron chi connectivity index (χ2n) is 6.70. The van der Waals surface area contributed by atoms with Gasteiger partial charge in [-0.1, -0.05) is 44.2 Å². The first-order valence-electron chi connectivity index (χ1n) is 7.69.